The van der Waals surface area contributed by atoms with Gasteiger partial charge in [0.25, 0.3) is 0 Å². The lowest BCUT2D eigenvalue weighted by Crippen LogP contribution is -2.15. The molecule has 0 aromatic heterocycles. The Morgan fingerprint density at radius 3 is 2.60 bits per heavy atom. The maximum absolute atomic E-state index is 11.8. The van der Waals surface area contributed by atoms with Crippen LogP contribution < -0.4 is 0 Å². The summed E-state index contributed by atoms with van der Waals surface area (Å²) >= 11 is 6.02. The molecule has 3 heteroatoms. The van der Waals surface area contributed by atoms with Crippen molar-refractivity contribution in [2.24, 2.45) is 0 Å². The van der Waals surface area contributed by atoms with Gasteiger partial charge in [-0.2, -0.15) is 0 Å². The minimum Gasteiger partial charge on any atom is -0.426 e. The number of allylic oxidation sites excluding steroid dienone is 1. The minimum absolute atomic E-state index is 0.00477. The molecule has 3 rings (SSSR count). The molecule has 1 aliphatic heterocycles. The first kappa shape index (κ1) is 12.9. The fourth-order valence-electron chi connectivity index (χ4n) is 2.33. The Morgan fingerprint density at radius 1 is 1.05 bits per heavy atom. The Morgan fingerprint density at radius 2 is 1.85 bits per heavy atom. The van der Waals surface area contributed by atoms with Crippen LogP contribution in [0.25, 0.3) is 5.76 Å². The third kappa shape index (κ3) is 2.75. The Kier molecular flexibility index (Phi) is 3.57. The molecule has 1 unspecified atom stereocenters. The number of ether oxygens (including phenoxy) is 1. The van der Waals surface area contributed by atoms with E-state index in [4.69, 9.17) is 16.3 Å². The zero-order valence-electron chi connectivity index (χ0n) is 10.8. The van der Waals surface area contributed by atoms with Crippen LogP contribution in [0.2, 0.25) is 5.02 Å². The van der Waals surface area contributed by atoms with Crippen molar-refractivity contribution >= 4 is 23.3 Å². The van der Waals surface area contributed by atoms with Crippen molar-refractivity contribution < 1.29 is 9.53 Å². The molecule has 2 aromatic carbocycles. The number of carbonyl (C=O) groups is 1. The number of carbonyl (C=O) groups excluding carboxylic acids is 1. The summed E-state index contributed by atoms with van der Waals surface area (Å²) in [6.45, 7) is 0. The van der Waals surface area contributed by atoms with E-state index in [1.807, 2.05) is 60.7 Å². The normalized spacial score (nSPS) is 18.4. The lowest BCUT2D eigenvalue weighted by atomic mass is 9.92. The van der Waals surface area contributed by atoms with Crippen molar-refractivity contribution in [3.8, 4) is 0 Å². The van der Waals surface area contributed by atoms with Gasteiger partial charge >= 0.3 is 5.97 Å². The molecule has 0 saturated carbocycles. The molecule has 100 valence electrons. The van der Waals surface area contributed by atoms with E-state index < -0.39 is 0 Å². The lowest BCUT2D eigenvalue weighted by Gasteiger charge is -2.21. The van der Waals surface area contributed by atoms with Gasteiger partial charge in [0, 0.05) is 16.5 Å². The summed E-state index contributed by atoms with van der Waals surface area (Å²) in [6.07, 6.45) is 2.33. The second kappa shape index (κ2) is 5.51. The molecular weight excluding hydrogens is 272 g/mol. The van der Waals surface area contributed by atoms with E-state index in [9.17, 15) is 4.79 Å². The molecule has 1 aliphatic rings. The molecule has 1 atom stereocenters. The number of rotatable bonds is 2. The predicted octanol–water partition coefficient (Wildman–Crippen LogP) is 4.41. The van der Waals surface area contributed by atoms with Gasteiger partial charge in [0.1, 0.15) is 5.76 Å². The standard InChI is InChI=1S/C17H13ClO2/c18-15-8-4-7-13(9-15)14-10-16(20-17(19)11-14)12-5-2-1-3-6-12/h1-10,14H,11H2. The van der Waals surface area contributed by atoms with Crippen LogP contribution in [0.4, 0.5) is 0 Å². The van der Waals surface area contributed by atoms with Gasteiger partial charge in [0.05, 0.1) is 6.42 Å². The van der Waals surface area contributed by atoms with Gasteiger partial charge < -0.3 is 4.74 Å². The second-order valence-electron chi connectivity index (χ2n) is 4.74. The van der Waals surface area contributed by atoms with Gasteiger partial charge in [-0.15, -0.1) is 0 Å². The monoisotopic (exact) mass is 284 g/mol. The average molecular weight is 285 g/mol. The minimum atomic E-state index is -0.212. The van der Waals surface area contributed by atoms with Crippen molar-refractivity contribution in [3.05, 3.63) is 76.8 Å². The quantitative estimate of drug-likeness (QED) is 0.764. The number of hydrogen-bond donors (Lipinski definition) is 0. The first-order valence-corrected chi connectivity index (χ1v) is 6.83. The molecule has 0 aliphatic carbocycles. The molecule has 0 N–H and O–H groups in total. The van der Waals surface area contributed by atoms with Gasteiger partial charge in [0.15, 0.2) is 0 Å². The lowest BCUT2D eigenvalue weighted by molar-refractivity contribution is -0.137. The summed E-state index contributed by atoms with van der Waals surface area (Å²) in [4.78, 5) is 11.8. The SMILES string of the molecule is O=C1CC(c2cccc(Cl)c2)C=C(c2ccccc2)O1. The highest BCUT2D eigenvalue weighted by Crippen LogP contribution is 2.32. The number of halogens is 1. The van der Waals surface area contributed by atoms with E-state index in [1.54, 1.807) is 0 Å². The Labute approximate surface area is 122 Å². The van der Waals surface area contributed by atoms with Crippen LogP contribution >= 0.6 is 11.6 Å². The fraction of sp³-hybridized carbons (Fsp3) is 0.118. The molecule has 20 heavy (non-hydrogen) atoms. The summed E-state index contributed by atoms with van der Waals surface area (Å²) in [5, 5.41) is 0.677. The van der Waals surface area contributed by atoms with E-state index >= 15 is 0 Å². The van der Waals surface area contributed by atoms with Gasteiger partial charge in [-0.1, -0.05) is 54.1 Å². The van der Waals surface area contributed by atoms with Crippen LogP contribution in [0, 0.1) is 0 Å². The highest BCUT2D eigenvalue weighted by atomic mass is 35.5. The second-order valence-corrected chi connectivity index (χ2v) is 5.17. The topological polar surface area (TPSA) is 26.3 Å². The molecule has 0 radical (unpaired) electrons. The van der Waals surface area contributed by atoms with E-state index in [0.717, 1.165) is 11.1 Å². The van der Waals surface area contributed by atoms with Crippen LogP contribution in [-0.4, -0.2) is 5.97 Å². The third-order valence-corrected chi connectivity index (χ3v) is 3.53. The maximum Gasteiger partial charge on any atom is 0.312 e. The zero-order valence-corrected chi connectivity index (χ0v) is 11.5. The fourth-order valence-corrected chi connectivity index (χ4v) is 2.53. The average Bonchev–Trinajstić information content (AvgIpc) is 2.47. The largest absolute Gasteiger partial charge is 0.426 e. The predicted molar refractivity (Wildman–Crippen MR) is 79.3 cm³/mol. The van der Waals surface area contributed by atoms with Gasteiger partial charge in [-0.3, -0.25) is 4.79 Å². The molecule has 0 spiro atoms. The molecule has 2 nitrogen and oxygen atoms in total. The van der Waals surface area contributed by atoms with Crippen molar-refractivity contribution in [2.45, 2.75) is 12.3 Å². The van der Waals surface area contributed by atoms with Crippen molar-refractivity contribution in [2.75, 3.05) is 0 Å². The van der Waals surface area contributed by atoms with E-state index in [2.05, 4.69) is 0 Å². The summed E-state index contributed by atoms with van der Waals surface area (Å²) in [5.74, 6) is 0.410. The van der Waals surface area contributed by atoms with Crippen LogP contribution in [0.3, 0.4) is 0 Å². The van der Waals surface area contributed by atoms with Gasteiger partial charge in [0.2, 0.25) is 0 Å². The van der Waals surface area contributed by atoms with Crippen LogP contribution in [-0.2, 0) is 9.53 Å². The van der Waals surface area contributed by atoms with E-state index in [1.165, 1.54) is 0 Å². The third-order valence-electron chi connectivity index (χ3n) is 3.30. The first-order chi connectivity index (χ1) is 9.72. The van der Waals surface area contributed by atoms with Crippen LogP contribution in [0.15, 0.2) is 60.7 Å². The van der Waals surface area contributed by atoms with Crippen LogP contribution in [0.1, 0.15) is 23.5 Å². The molecule has 0 fully saturated rings. The smallest absolute Gasteiger partial charge is 0.312 e. The zero-order chi connectivity index (χ0) is 13.9. The van der Waals surface area contributed by atoms with E-state index in [0.29, 0.717) is 17.2 Å². The maximum atomic E-state index is 11.8. The molecule has 0 bridgehead atoms. The summed E-state index contributed by atoms with van der Waals surface area (Å²) in [7, 11) is 0. The van der Waals surface area contributed by atoms with Crippen molar-refractivity contribution in [1.29, 1.82) is 0 Å². The Balaban J connectivity index is 1.98. The first-order valence-electron chi connectivity index (χ1n) is 6.46. The molecular formula is C17H13ClO2. The summed E-state index contributed by atoms with van der Waals surface area (Å²) in [5.41, 5.74) is 1.94. The summed E-state index contributed by atoms with van der Waals surface area (Å²) < 4.78 is 5.34. The molecule has 1 heterocycles. The number of hydrogen-bond acceptors (Lipinski definition) is 2. The molecule has 0 saturated heterocycles. The number of benzene rings is 2. The number of cyclic esters (lactones) is 1. The summed E-state index contributed by atoms with van der Waals surface area (Å²) in [6, 6.07) is 17.2. The molecule has 2 aromatic rings. The Bertz CT molecular complexity index is 662. The van der Waals surface area contributed by atoms with Gasteiger partial charge in [-0.25, -0.2) is 0 Å². The van der Waals surface area contributed by atoms with Crippen LogP contribution in [0.5, 0.6) is 0 Å². The number of esters is 1. The van der Waals surface area contributed by atoms with E-state index in [-0.39, 0.29) is 11.9 Å². The van der Waals surface area contributed by atoms with Crippen molar-refractivity contribution in [1.82, 2.24) is 0 Å². The highest BCUT2D eigenvalue weighted by Gasteiger charge is 2.23. The highest BCUT2D eigenvalue weighted by molar-refractivity contribution is 6.30. The molecule has 0 amide bonds. The van der Waals surface area contributed by atoms with Crippen molar-refractivity contribution in [3.63, 3.8) is 0 Å². The Hall–Kier alpha value is -2.06. The van der Waals surface area contributed by atoms with Gasteiger partial charge in [-0.05, 0) is 23.8 Å².